The molecule has 0 aliphatic rings. The standard InChI is InChI=1S/C11H14N2/c1-3-4-7-10(12-2)11-8-5-6-9-13-11/h1,5-6,8-10,12H,4,7H2,2H3. The Morgan fingerprint density at radius 3 is 3.00 bits per heavy atom. The number of hydrogen-bond acceptors (Lipinski definition) is 2. The van der Waals surface area contributed by atoms with Gasteiger partial charge in [-0.05, 0) is 25.6 Å². The van der Waals surface area contributed by atoms with E-state index in [0.717, 1.165) is 18.5 Å². The molecule has 0 saturated carbocycles. The minimum absolute atomic E-state index is 0.275. The van der Waals surface area contributed by atoms with E-state index in [1.54, 1.807) is 6.20 Å². The van der Waals surface area contributed by atoms with Crippen LogP contribution in [0.1, 0.15) is 24.6 Å². The minimum atomic E-state index is 0.275. The molecule has 0 radical (unpaired) electrons. The number of hydrogen-bond donors (Lipinski definition) is 1. The Morgan fingerprint density at radius 2 is 2.46 bits per heavy atom. The highest BCUT2D eigenvalue weighted by molar-refractivity contribution is 5.08. The van der Waals surface area contributed by atoms with Gasteiger partial charge in [0.15, 0.2) is 0 Å². The van der Waals surface area contributed by atoms with E-state index in [9.17, 15) is 0 Å². The first kappa shape index (κ1) is 9.76. The molecule has 1 heterocycles. The van der Waals surface area contributed by atoms with E-state index in [2.05, 4.69) is 16.2 Å². The lowest BCUT2D eigenvalue weighted by Crippen LogP contribution is -2.17. The van der Waals surface area contributed by atoms with Crippen molar-refractivity contribution in [3.05, 3.63) is 30.1 Å². The van der Waals surface area contributed by atoms with Gasteiger partial charge in [0.05, 0.1) is 11.7 Å². The second kappa shape index (κ2) is 5.34. The van der Waals surface area contributed by atoms with Crippen LogP contribution in [-0.2, 0) is 0 Å². The number of pyridine rings is 1. The van der Waals surface area contributed by atoms with Crippen LogP contribution in [0.2, 0.25) is 0 Å². The van der Waals surface area contributed by atoms with Crippen LogP contribution in [0.15, 0.2) is 24.4 Å². The molecule has 0 fully saturated rings. The van der Waals surface area contributed by atoms with Crippen LogP contribution >= 0.6 is 0 Å². The second-order valence-corrected chi connectivity index (χ2v) is 2.84. The zero-order chi connectivity index (χ0) is 9.52. The van der Waals surface area contributed by atoms with Crippen LogP contribution in [0.25, 0.3) is 0 Å². The molecule has 1 unspecified atom stereocenters. The second-order valence-electron chi connectivity index (χ2n) is 2.84. The molecule has 1 rings (SSSR count). The molecule has 1 aromatic rings. The van der Waals surface area contributed by atoms with Crippen LogP contribution in [-0.4, -0.2) is 12.0 Å². The lowest BCUT2D eigenvalue weighted by atomic mass is 10.1. The maximum atomic E-state index is 5.21. The maximum Gasteiger partial charge on any atom is 0.0573 e. The van der Waals surface area contributed by atoms with Gasteiger partial charge in [-0.2, -0.15) is 0 Å². The highest BCUT2D eigenvalue weighted by atomic mass is 14.9. The van der Waals surface area contributed by atoms with Gasteiger partial charge in [-0.3, -0.25) is 4.98 Å². The van der Waals surface area contributed by atoms with Crippen molar-refractivity contribution in [1.29, 1.82) is 0 Å². The summed E-state index contributed by atoms with van der Waals surface area (Å²) in [7, 11) is 1.93. The molecule has 2 nitrogen and oxygen atoms in total. The molecule has 68 valence electrons. The van der Waals surface area contributed by atoms with E-state index < -0.39 is 0 Å². The molecule has 0 aliphatic heterocycles. The predicted molar refractivity (Wildman–Crippen MR) is 54.1 cm³/mol. The van der Waals surface area contributed by atoms with Gasteiger partial charge in [0.25, 0.3) is 0 Å². The average Bonchev–Trinajstić information content (AvgIpc) is 2.21. The van der Waals surface area contributed by atoms with E-state index in [4.69, 9.17) is 6.42 Å². The van der Waals surface area contributed by atoms with Gasteiger partial charge in [0, 0.05) is 12.6 Å². The van der Waals surface area contributed by atoms with Crippen molar-refractivity contribution >= 4 is 0 Å². The lowest BCUT2D eigenvalue weighted by Gasteiger charge is -2.13. The Balaban J connectivity index is 2.63. The molecule has 1 aromatic heterocycles. The van der Waals surface area contributed by atoms with E-state index in [-0.39, 0.29) is 6.04 Å². The quantitative estimate of drug-likeness (QED) is 0.703. The number of terminal acetylenes is 1. The predicted octanol–water partition coefficient (Wildman–Crippen LogP) is 1.76. The number of nitrogens with one attached hydrogen (secondary N) is 1. The van der Waals surface area contributed by atoms with Crippen molar-refractivity contribution in [2.75, 3.05) is 7.05 Å². The highest BCUT2D eigenvalue weighted by Gasteiger charge is 2.07. The molecule has 13 heavy (non-hydrogen) atoms. The molecule has 1 N–H and O–H groups in total. The van der Waals surface area contributed by atoms with E-state index in [1.807, 2.05) is 25.2 Å². The number of aromatic nitrogens is 1. The largest absolute Gasteiger partial charge is 0.312 e. The Morgan fingerprint density at radius 1 is 1.62 bits per heavy atom. The Hall–Kier alpha value is -1.33. The third-order valence-corrected chi connectivity index (χ3v) is 1.97. The van der Waals surface area contributed by atoms with Gasteiger partial charge in [-0.1, -0.05) is 6.07 Å². The molecule has 2 heteroatoms. The maximum absolute atomic E-state index is 5.21. The van der Waals surface area contributed by atoms with Gasteiger partial charge >= 0.3 is 0 Å². The highest BCUT2D eigenvalue weighted by Crippen LogP contribution is 2.14. The van der Waals surface area contributed by atoms with E-state index >= 15 is 0 Å². The molecule has 0 amide bonds. The molecule has 0 spiro atoms. The monoisotopic (exact) mass is 174 g/mol. The van der Waals surface area contributed by atoms with Crippen molar-refractivity contribution in [1.82, 2.24) is 10.3 Å². The molecule has 0 aromatic carbocycles. The Kier molecular flexibility index (Phi) is 4.01. The van der Waals surface area contributed by atoms with Crippen LogP contribution in [0.5, 0.6) is 0 Å². The molecule has 0 aliphatic carbocycles. The fraction of sp³-hybridized carbons (Fsp3) is 0.364. The molecule has 0 saturated heterocycles. The van der Waals surface area contributed by atoms with Crippen molar-refractivity contribution in [3.63, 3.8) is 0 Å². The smallest absolute Gasteiger partial charge is 0.0573 e. The average molecular weight is 174 g/mol. The third kappa shape index (κ3) is 2.89. The Labute approximate surface area is 79.4 Å². The molecular formula is C11H14N2. The van der Waals surface area contributed by atoms with Gasteiger partial charge in [0.1, 0.15) is 0 Å². The summed E-state index contributed by atoms with van der Waals surface area (Å²) in [6.45, 7) is 0. The van der Waals surface area contributed by atoms with Crippen molar-refractivity contribution < 1.29 is 0 Å². The first-order valence-electron chi connectivity index (χ1n) is 4.40. The fourth-order valence-electron chi connectivity index (χ4n) is 1.25. The molecule has 1 atom stereocenters. The van der Waals surface area contributed by atoms with Gasteiger partial charge < -0.3 is 5.32 Å². The summed E-state index contributed by atoms with van der Waals surface area (Å²) in [6, 6.07) is 6.19. The number of rotatable bonds is 4. The van der Waals surface area contributed by atoms with Gasteiger partial charge in [0.2, 0.25) is 0 Å². The summed E-state index contributed by atoms with van der Waals surface area (Å²) in [5.41, 5.74) is 1.06. The minimum Gasteiger partial charge on any atom is -0.312 e. The van der Waals surface area contributed by atoms with Crippen molar-refractivity contribution in [2.24, 2.45) is 0 Å². The van der Waals surface area contributed by atoms with Crippen molar-refractivity contribution in [2.45, 2.75) is 18.9 Å². The summed E-state index contributed by atoms with van der Waals surface area (Å²) in [5.74, 6) is 2.63. The molecule has 0 bridgehead atoms. The zero-order valence-corrected chi connectivity index (χ0v) is 7.83. The summed E-state index contributed by atoms with van der Waals surface area (Å²) in [4.78, 5) is 4.27. The fourth-order valence-corrected chi connectivity index (χ4v) is 1.25. The van der Waals surface area contributed by atoms with Gasteiger partial charge in [-0.15, -0.1) is 12.3 Å². The van der Waals surface area contributed by atoms with Crippen LogP contribution in [0.4, 0.5) is 0 Å². The number of nitrogens with zero attached hydrogens (tertiary/aromatic N) is 1. The topological polar surface area (TPSA) is 24.9 Å². The van der Waals surface area contributed by atoms with E-state index in [0.29, 0.717) is 0 Å². The molecular weight excluding hydrogens is 160 g/mol. The summed E-state index contributed by atoms with van der Waals surface area (Å²) in [5, 5.41) is 3.20. The first-order chi connectivity index (χ1) is 6.38. The summed E-state index contributed by atoms with van der Waals surface area (Å²) < 4.78 is 0. The van der Waals surface area contributed by atoms with Crippen LogP contribution < -0.4 is 5.32 Å². The van der Waals surface area contributed by atoms with Crippen LogP contribution in [0, 0.1) is 12.3 Å². The normalized spacial score (nSPS) is 12.0. The lowest BCUT2D eigenvalue weighted by molar-refractivity contribution is 0.544. The SMILES string of the molecule is C#CCCC(NC)c1ccccn1. The summed E-state index contributed by atoms with van der Waals surface area (Å²) in [6.07, 6.45) is 8.73. The zero-order valence-electron chi connectivity index (χ0n) is 7.83. The van der Waals surface area contributed by atoms with Crippen molar-refractivity contribution in [3.8, 4) is 12.3 Å². The first-order valence-corrected chi connectivity index (χ1v) is 4.40. The van der Waals surface area contributed by atoms with Crippen LogP contribution in [0.3, 0.4) is 0 Å². The third-order valence-electron chi connectivity index (χ3n) is 1.97. The Bertz CT molecular complexity index is 274. The van der Waals surface area contributed by atoms with Gasteiger partial charge in [-0.25, -0.2) is 0 Å². The van der Waals surface area contributed by atoms with E-state index in [1.165, 1.54) is 0 Å². The summed E-state index contributed by atoms with van der Waals surface area (Å²) >= 11 is 0.